The number of nitrogens with zero attached hydrogens (tertiary/aromatic N) is 2. The molecule has 0 spiro atoms. The normalized spacial score (nSPS) is 10.9. The van der Waals surface area contributed by atoms with Gasteiger partial charge in [-0.2, -0.15) is 0 Å². The highest BCUT2D eigenvalue weighted by Gasteiger charge is 2.18. The second kappa shape index (κ2) is 7.40. The fraction of sp³-hybridized carbons (Fsp3) is 0.136. The lowest BCUT2D eigenvalue weighted by Gasteiger charge is -2.09. The van der Waals surface area contributed by atoms with Gasteiger partial charge in [-0.3, -0.25) is 14.0 Å². The Morgan fingerprint density at radius 2 is 1.89 bits per heavy atom. The fourth-order valence-electron chi connectivity index (χ4n) is 3.11. The van der Waals surface area contributed by atoms with Crippen LogP contribution in [0, 0.1) is 6.92 Å². The van der Waals surface area contributed by atoms with Gasteiger partial charge in [-0.1, -0.05) is 55.0 Å². The third kappa shape index (κ3) is 3.23. The van der Waals surface area contributed by atoms with Gasteiger partial charge < -0.3 is 5.32 Å². The van der Waals surface area contributed by atoms with Crippen LogP contribution in [-0.4, -0.2) is 15.3 Å². The van der Waals surface area contributed by atoms with Crippen molar-refractivity contribution < 1.29 is 4.79 Å². The average Bonchev–Trinajstić information content (AvgIpc) is 3.14. The highest BCUT2D eigenvalue weighted by molar-refractivity contribution is 7.15. The van der Waals surface area contributed by atoms with Crippen molar-refractivity contribution in [3.05, 3.63) is 87.2 Å². The van der Waals surface area contributed by atoms with Crippen LogP contribution in [0.4, 0.5) is 5.69 Å². The molecule has 0 radical (unpaired) electrons. The molecule has 6 heteroatoms. The molecule has 0 aliphatic carbocycles. The van der Waals surface area contributed by atoms with Crippen molar-refractivity contribution in [1.29, 1.82) is 0 Å². The molecule has 0 fully saturated rings. The summed E-state index contributed by atoms with van der Waals surface area (Å²) < 4.78 is 1.51. The zero-order valence-electron chi connectivity index (χ0n) is 15.6. The van der Waals surface area contributed by atoms with Gasteiger partial charge in [0.1, 0.15) is 5.56 Å². The molecule has 0 aliphatic heterocycles. The van der Waals surface area contributed by atoms with Crippen molar-refractivity contribution in [1.82, 2.24) is 9.38 Å². The first-order chi connectivity index (χ1) is 13.6. The Balaban J connectivity index is 1.77. The molecular weight excluding hydrogens is 370 g/mol. The van der Waals surface area contributed by atoms with Crippen LogP contribution in [0.2, 0.25) is 0 Å². The van der Waals surface area contributed by atoms with Crippen molar-refractivity contribution >= 4 is 27.9 Å². The first kappa shape index (κ1) is 18.1. The zero-order valence-corrected chi connectivity index (χ0v) is 16.4. The third-order valence-corrected chi connectivity index (χ3v) is 5.52. The minimum absolute atomic E-state index is 0.0233. The van der Waals surface area contributed by atoms with Crippen molar-refractivity contribution in [3.8, 4) is 11.3 Å². The summed E-state index contributed by atoms with van der Waals surface area (Å²) in [6.45, 7) is 4.03. The van der Waals surface area contributed by atoms with Crippen molar-refractivity contribution in [2.24, 2.45) is 0 Å². The average molecular weight is 389 g/mol. The lowest BCUT2D eigenvalue weighted by atomic mass is 10.1. The standard InChI is InChI=1S/C22H19N3O2S/c1-3-15-6-4-5-7-18(15)24-20(26)17-12-23-22-25(21(17)27)19(13-28-22)16-10-8-14(2)9-11-16/h4-13H,3H2,1-2H3,(H,24,26). The third-order valence-electron chi connectivity index (χ3n) is 4.68. The molecule has 140 valence electrons. The number of fused-ring (bicyclic) bond motifs is 1. The van der Waals surface area contributed by atoms with Gasteiger partial charge in [-0.05, 0) is 30.5 Å². The quantitative estimate of drug-likeness (QED) is 0.557. The van der Waals surface area contributed by atoms with Gasteiger partial charge in [0.05, 0.1) is 5.69 Å². The van der Waals surface area contributed by atoms with E-state index in [9.17, 15) is 9.59 Å². The SMILES string of the molecule is CCc1ccccc1NC(=O)c1cnc2scc(-c3ccc(C)cc3)n2c1=O. The number of anilines is 1. The topological polar surface area (TPSA) is 63.5 Å². The molecule has 0 atom stereocenters. The minimum atomic E-state index is -0.450. The number of hydrogen-bond donors (Lipinski definition) is 1. The summed E-state index contributed by atoms with van der Waals surface area (Å²) >= 11 is 1.38. The molecule has 0 saturated carbocycles. The van der Waals surface area contributed by atoms with Crippen LogP contribution in [0.1, 0.15) is 28.4 Å². The number of rotatable bonds is 4. The molecule has 1 N–H and O–H groups in total. The maximum atomic E-state index is 13.1. The molecule has 0 bridgehead atoms. The molecule has 4 rings (SSSR count). The Kier molecular flexibility index (Phi) is 4.79. The number of benzene rings is 2. The van der Waals surface area contributed by atoms with Gasteiger partial charge >= 0.3 is 0 Å². The molecule has 28 heavy (non-hydrogen) atoms. The van der Waals surface area contributed by atoms with Crippen molar-refractivity contribution in [2.75, 3.05) is 5.32 Å². The number of aromatic nitrogens is 2. The Morgan fingerprint density at radius 3 is 2.64 bits per heavy atom. The van der Waals surface area contributed by atoms with Crippen LogP contribution < -0.4 is 10.9 Å². The highest BCUT2D eigenvalue weighted by atomic mass is 32.1. The molecule has 4 aromatic rings. The van der Waals surface area contributed by atoms with E-state index in [4.69, 9.17) is 0 Å². The fourth-order valence-corrected chi connectivity index (χ4v) is 3.97. The van der Waals surface area contributed by atoms with Crippen LogP contribution in [0.3, 0.4) is 0 Å². The molecule has 0 aliphatic rings. The summed E-state index contributed by atoms with van der Waals surface area (Å²) in [5.41, 5.74) is 4.17. The van der Waals surface area contributed by atoms with E-state index in [2.05, 4.69) is 10.3 Å². The number of carbonyl (C=O) groups excluding carboxylic acids is 1. The summed E-state index contributed by atoms with van der Waals surface area (Å²) in [5, 5.41) is 4.74. The van der Waals surface area contributed by atoms with Crippen LogP contribution in [0.25, 0.3) is 16.2 Å². The number of hydrogen-bond acceptors (Lipinski definition) is 4. The zero-order chi connectivity index (χ0) is 19.7. The van der Waals surface area contributed by atoms with E-state index < -0.39 is 5.91 Å². The Bertz CT molecular complexity index is 1220. The van der Waals surface area contributed by atoms with Gasteiger partial charge in [0.2, 0.25) is 0 Å². The molecule has 2 heterocycles. The van der Waals surface area contributed by atoms with Crippen molar-refractivity contribution in [2.45, 2.75) is 20.3 Å². The predicted molar refractivity (Wildman–Crippen MR) is 113 cm³/mol. The lowest BCUT2D eigenvalue weighted by molar-refractivity contribution is 0.102. The molecule has 2 aromatic carbocycles. The van der Waals surface area contributed by atoms with Crippen LogP contribution in [0.15, 0.2) is 64.9 Å². The van der Waals surface area contributed by atoms with Gasteiger partial charge in [0.25, 0.3) is 11.5 Å². The maximum absolute atomic E-state index is 13.1. The Hall–Kier alpha value is -3.25. The van der Waals surface area contributed by atoms with E-state index in [1.807, 2.05) is 67.8 Å². The van der Waals surface area contributed by atoms with Gasteiger partial charge in [-0.15, -0.1) is 11.3 Å². The summed E-state index contributed by atoms with van der Waals surface area (Å²) in [7, 11) is 0. The highest BCUT2D eigenvalue weighted by Crippen LogP contribution is 2.24. The molecule has 5 nitrogen and oxygen atoms in total. The maximum Gasteiger partial charge on any atom is 0.271 e. The Labute approximate surface area is 166 Å². The van der Waals surface area contributed by atoms with E-state index in [0.717, 1.165) is 28.8 Å². The molecule has 0 unspecified atom stereocenters. The van der Waals surface area contributed by atoms with Gasteiger partial charge in [-0.25, -0.2) is 4.98 Å². The van der Waals surface area contributed by atoms with E-state index in [1.54, 1.807) is 0 Å². The summed E-state index contributed by atoms with van der Waals surface area (Å²) in [4.78, 5) is 30.8. The summed E-state index contributed by atoms with van der Waals surface area (Å²) in [6, 6.07) is 15.5. The second-order valence-electron chi connectivity index (χ2n) is 6.55. The van der Waals surface area contributed by atoms with E-state index in [1.165, 1.54) is 21.9 Å². The molecule has 1 amide bonds. The predicted octanol–water partition coefficient (Wildman–Crippen LogP) is 4.55. The molecular formula is C22H19N3O2S. The van der Waals surface area contributed by atoms with Crippen molar-refractivity contribution in [3.63, 3.8) is 0 Å². The number of amides is 1. The lowest BCUT2D eigenvalue weighted by Crippen LogP contribution is -2.26. The van der Waals surface area contributed by atoms with E-state index in [0.29, 0.717) is 10.6 Å². The van der Waals surface area contributed by atoms with Gasteiger partial charge in [0.15, 0.2) is 4.96 Å². The van der Waals surface area contributed by atoms with Gasteiger partial charge in [0, 0.05) is 17.3 Å². The monoisotopic (exact) mass is 389 g/mol. The van der Waals surface area contributed by atoms with Crippen LogP contribution in [-0.2, 0) is 6.42 Å². The number of thiazole rings is 1. The van der Waals surface area contributed by atoms with Crippen LogP contribution >= 0.6 is 11.3 Å². The molecule has 2 aromatic heterocycles. The number of nitrogens with one attached hydrogen (secondary N) is 1. The number of para-hydroxylation sites is 1. The molecule has 0 saturated heterocycles. The summed E-state index contributed by atoms with van der Waals surface area (Å²) in [5.74, 6) is -0.450. The summed E-state index contributed by atoms with van der Waals surface area (Å²) in [6.07, 6.45) is 2.14. The minimum Gasteiger partial charge on any atom is -0.322 e. The number of carbonyl (C=O) groups is 1. The smallest absolute Gasteiger partial charge is 0.271 e. The van der Waals surface area contributed by atoms with E-state index >= 15 is 0 Å². The number of aryl methyl sites for hydroxylation is 2. The largest absolute Gasteiger partial charge is 0.322 e. The second-order valence-corrected chi connectivity index (χ2v) is 7.38. The first-order valence-corrected chi connectivity index (χ1v) is 9.92. The van der Waals surface area contributed by atoms with Crippen LogP contribution in [0.5, 0.6) is 0 Å². The first-order valence-electron chi connectivity index (χ1n) is 9.04. The van der Waals surface area contributed by atoms with E-state index in [-0.39, 0.29) is 11.1 Å². The Morgan fingerprint density at radius 1 is 1.14 bits per heavy atom.